The van der Waals surface area contributed by atoms with Crippen molar-refractivity contribution in [2.45, 2.75) is 44.6 Å². The van der Waals surface area contributed by atoms with Crippen molar-refractivity contribution in [1.29, 1.82) is 0 Å². The molecule has 72 valence electrons. The minimum Gasteiger partial charge on any atom is -0.324 e. The van der Waals surface area contributed by atoms with Crippen LogP contribution < -0.4 is 5.73 Å². The minimum atomic E-state index is 0.442. The van der Waals surface area contributed by atoms with Crippen molar-refractivity contribution in [2.75, 3.05) is 0 Å². The van der Waals surface area contributed by atoms with Gasteiger partial charge >= 0.3 is 0 Å². The van der Waals surface area contributed by atoms with Gasteiger partial charge < -0.3 is 5.73 Å². The van der Waals surface area contributed by atoms with Crippen LogP contribution >= 0.6 is 0 Å². The second-order valence-electron chi connectivity index (χ2n) is 5.03. The molecular weight excluding hydrogens is 158 g/mol. The Morgan fingerprint density at radius 2 is 2.00 bits per heavy atom. The molecule has 0 radical (unpaired) electrons. The minimum absolute atomic E-state index is 0.442. The maximum atomic E-state index is 6.31. The van der Waals surface area contributed by atoms with Gasteiger partial charge in [-0.1, -0.05) is 18.1 Å². The third-order valence-corrected chi connectivity index (χ3v) is 4.39. The Kier molecular flexibility index (Phi) is 1.76. The van der Waals surface area contributed by atoms with Crippen LogP contribution in [0.5, 0.6) is 0 Å². The molecule has 3 aliphatic carbocycles. The Balaban J connectivity index is 1.66. The highest BCUT2D eigenvalue weighted by atomic mass is 14.8. The lowest BCUT2D eigenvalue weighted by atomic mass is 9.97. The monoisotopic (exact) mass is 177 g/mol. The van der Waals surface area contributed by atoms with Gasteiger partial charge in [-0.25, -0.2) is 0 Å². The van der Waals surface area contributed by atoms with Crippen LogP contribution in [0.3, 0.4) is 0 Å². The van der Waals surface area contributed by atoms with E-state index in [-0.39, 0.29) is 0 Å². The SMILES string of the molecule is NC(C1=CCCC1)C1C2CCCC21. The summed E-state index contributed by atoms with van der Waals surface area (Å²) in [7, 11) is 0. The zero-order valence-electron chi connectivity index (χ0n) is 8.21. The molecule has 1 nitrogen and oxygen atoms in total. The lowest BCUT2D eigenvalue weighted by Gasteiger charge is -2.14. The third kappa shape index (κ3) is 1.17. The third-order valence-electron chi connectivity index (χ3n) is 4.39. The molecule has 1 heteroatoms. The number of fused-ring (bicyclic) bond motifs is 1. The highest BCUT2D eigenvalue weighted by Gasteiger charge is 2.55. The summed E-state index contributed by atoms with van der Waals surface area (Å²) in [5.74, 6) is 2.94. The standard InChI is InChI=1S/C12H19N/c13-12(8-4-1-2-5-8)11-9-6-3-7-10(9)11/h4,9-12H,1-3,5-7,13H2. The summed E-state index contributed by atoms with van der Waals surface area (Å²) >= 11 is 0. The highest BCUT2D eigenvalue weighted by molar-refractivity contribution is 5.21. The summed E-state index contributed by atoms with van der Waals surface area (Å²) in [5.41, 5.74) is 7.89. The molecule has 2 fully saturated rings. The first-order valence-electron chi connectivity index (χ1n) is 5.82. The van der Waals surface area contributed by atoms with E-state index >= 15 is 0 Å². The fraction of sp³-hybridized carbons (Fsp3) is 0.833. The highest BCUT2D eigenvalue weighted by Crippen LogP contribution is 2.59. The van der Waals surface area contributed by atoms with E-state index in [1.807, 2.05) is 0 Å². The van der Waals surface area contributed by atoms with Crippen LogP contribution in [0.2, 0.25) is 0 Å². The number of allylic oxidation sites excluding steroid dienone is 1. The first-order chi connectivity index (χ1) is 6.38. The molecule has 2 saturated carbocycles. The van der Waals surface area contributed by atoms with Gasteiger partial charge in [0.15, 0.2) is 0 Å². The fourth-order valence-electron chi connectivity index (χ4n) is 3.66. The van der Waals surface area contributed by atoms with Crippen LogP contribution in [0.1, 0.15) is 38.5 Å². The Morgan fingerprint density at radius 3 is 2.62 bits per heavy atom. The fourth-order valence-corrected chi connectivity index (χ4v) is 3.66. The van der Waals surface area contributed by atoms with Crippen molar-refractivity contribution < 1.29 is 0 Å². The van der Waals surface area contributed by atoms with Gasteiger partial charge in [0, 0.05) is 6.04 Å². The summed E-state index contributed by atoms with van der Waals surface area (Å²) in [6.07, 6.45) is 10.7. The Labute approximate surface area is 80.4 Å². The normalized spacial score (nSPS) is 44.4. The molecule has 3 aliphatic rings. The quantitative estimate of drug-likeness (QED) is 0.644. The van der Waals surface area contributed by atoms with Crippen molar-refractivity contribution in [3.63, 3.8) is 0 Å². The van der Waals surface area contributed by atoms with E-state index in [1.165, 1.54) is 38.5 Å². The predicted molar refractivity (Wildman–Crippen MR) is 54.2 cm³/mol. The van der Waals surface area contributed by atoms with Crippen LogP contribution in [-0.2, 0) is 0 Å². The van der Waals surface area contributed by atoms with Gasteiger partial charge in [0.2, 0.25) is 0 Å². The predicted octanol–water partition coefficient (Wildman–Crippen LogP) is 2.47. The first-order valence-corrected chi connectivity index (χ1v) is 5.82. The van der Waals surface area contributed by atoms with E-state index in [0.717, 1.165) is 17.8 Å². The number of rotatable bonds is 2. The van der Waals surface area contributed by atoms with Gasteiger partial charge in [0.1, 0.15) is 0 Å². The van der Waals surface area contributed by atoms with Crippen LogP contribution in [0.15, 0.2) is 11.6 Å². The first kappa shape index (κ1) is 8.05. The van der Waals surface area contributed by atoms with Crippen molar-refractivity contribution in [3.8, 4) is 0 Å². The molecular formula is C12H19N. The molecule has 3 rings (SSSR count). The van der Waals surface area contributed by atoms with Gasteiger partial charge in [-0.3, -0.25) is 0 Å². The van der Waals surface area contributed by atoms with Crippen molar-refractivity contribution >= 4 is 0 Å². The lowest BCUT2D eigenvalue weighted by molar-refractivity contribution is 0.520. The topological polar surface area (TPSA) is 26.0 Å². The molecule has 0 bridgehead atoms. The van der Waals surface area contributed by atoms with E-state index in [2.05, 4.69) is 6.08 Å². The molecule has 0 aromatic rings. The van der Waals surface area contributed by atoms with E-state index in [9.17, 15) is 0 Å². The van der Waals surface area contributed by atoms with Crippen LogP contribution in [0.25, 0.3) is 0 Å². The van der Waals surface area contributed by atoms with Crippen LogP contribution in [0.4, 0.5) is 0 Å². The Hall–Kier alpha value is -0.300. The van der Waals surface area contributed by atoms with Crippen molar-refractivity contribution in [3.05, 3.63) is 11.6 Å². The Bertz CT molecular complexity index is 234. The zero-order valence-corrected chi connectivity index (χ0v) is 8.21. The molecule has 3 unspecified atom stereocenters. The molecule has 3 atom stereocenters. The van der Waals surface area contributed by atoms with E-state index in [1.54, 1.807) is 5.57 Å². The summed E-state index contributed by atoms with van der Waals surface area (Å²) in [4.78, 5) is 0. The lowest BCUT2D eigenvalue weighted by Crippen LogP contribution is -2.26. The number of hydrogen-bond acceptors (Lipinski definition) is 1. The van der Waals surface area contributed by atoms with E-state index in [4.69, 9.17) is 5.73 Å². The maximum Gasteiger partial charge on any atom is 0.0287 e. The average Bonchev–Trinajstić information content (AvgIpc) is 2.68. The van der Waals surface area contributed by atoms with Gasteiger partial charge in [0.05, 0.1) is 0 Å². The van der Waals surface area contributed by atoms with Gasteiger partial charge in [-0.15, -0.1) is 0 Å². The van der Waals surface area contributed by atoms with Crippen molar-refractivity contribution in [2.24, 2.45) is 23.5 Å². The van der Waals surface area contributed by atoms with E-state index < -0.39 is 0 Å². The molecule has 13 heavy (non-hydrogen) atoms. The molecule has 0 aromatic heterocycles. The van der Waals surface area contributed by atoms with Gasteiger partial charge in [0.25, 0.3) is 0 Å². The summed E-state index contributed by atoms with van der Waals surface area (Å²) in [6, 6.07) is 0.442. The van der Waals surface area contributed by atoms with Crippen molar-refractivity contribution in [1.82, 2.24) is 0 Å². The number of nitrogens with two attached hydrogens (primary N) is 1. The van der Waals surface area contributed by atoms with E-state index in [0.29, 0.717) is 6.04 Å². The smallest absolute Gasteiger partial charge is 0.0287 e. The molecule has 0 aliphatic heterocycles. The molecule has 0 saturated heterocycles. The Morgan fingerprint density at radius 1 is 1.23 bits per heavy atom. The summed E-state index contributed by atoms with van der Waals surface area (Å²) < 4.78 is 0. The largest absolute Gasteiger partial charge is 0.324 e. The molecule has 0 spiro atoms. The van der Waals surface area contributed by atoms with Gasteiger partial charge in [-0.05, 0) is 49.9 Å². The molecule has 0 amide bonds. The molecule has 0 heterocycles. The zero-order chi connectivity index (χ0) is 8.84. The van der Waals surface area contributed by atoms with Gasteiger partial charge in [-0.2, -0.15) is 0 Å². The van der Waals surface area contributed by atoms with Crippen LogP contribution in [0, 0.1) is 17.8 Å². The second kappa shape index (κ2) is 2.84. The summed E-state index contributed by atoms with van der Waals surface area (Å²) in [6.45, 7) is 0. The molecule has 0 aromatic carbocycles. The maximum absolute atomic E-state index is 6.31. The summed E-state index contributed by atoms with van der Waals surface area (Å²) in [5, 5.41) is 0. The molecule has 2 N–H and O–H groups in total. The van der Waals surface area contributed by atoms with Crippen LogP contribution in [-0.4, -0.2) is 6.04 Å². The average molecular weight is 177 g/mol. The second-order valence-corrected chi connectivity index (χ2v) is 5.03. The number of hydrogen-bond donors (Lipinski definition) is 1.